The van der Waals surface area contributed by atoms with Gasteiger partial charge in [-0.05, 0) is 43.5 Å². The number of nitrogens with zero attached hydrogens (tertiary/aromatic N) is 1. The SMILES string of the molecule is CCP(C)c1ccncc1Nc1ccc(C)cc1F. The summed E-state index contributed by atoms with van der Waals surface area (Å²) in [6, 6.07) is 7.22. The number of aryl methyl sites for hydroxylation is 1. The van der Waals surface area contributed by atoms with Gasteiger partial charge >= 0.3 is 0 Å². The van der Waals surface area contributed by atoms with Crippen molar-refractivity contribution in [1.29, 1.82) is 0 Å². The highest BCUT2D eigenvalue weighted by Crippen LogP contribution is 2.33. The first-order valence-corrected chi connectivity index (χ1v) is 8.27. The van der Waals surface area contributed by atoms with Gasteiger partial charge in [-0.15, -0.1) is 0 Å². The lowest BCUT2D eigenvalue weighted by Gasteiger charge is -2.16. The summed E-state index contributed by atoms with van der Waals surface area (Å²) in [5, 5.41) is 4.39. The van der Waals surface area contributed by atoms with E-state index in [2.05, 4.69) is 23.9 Å². The summed E-state index contributed by atoms with van der Waals surface area (Å²) >= 11 is 0. The molecule has 2 rings (SSSR count). The molecule has 0 fully saturated rings. The van der Waals surface area contributed by atoms with Gasteiger partial charge in [-0.2, -0.15) is 0 Å². The molecule has 0 spiro atoms. The summed E-state index contributed by atoms with van der Waals surface area (Å²) in [4.78, 5) is 4.13. The van der Waals surface area contributed by atoms with E-state index in [1.807, 2.05) is 19.1 Å². The first kappa shape index (κ1) is 14.0. The zero-order valence-corrected chi connectivity index (χ0v) is 12.3. The summed E-state index contributed by atoms with van der Waals surface area (Å²) in [6.45, 7) is 6.27. The molecule has 0 saturated carbocycles. The molecule has 0 aliphatic rings. The van der Waals surface area contributed by atoms with E-state index >= 15 is 0 Å². The predicted molar refractivity (Wildman–Crippen MR) is 81.7 cm³/mol. The Morgan fingerprint density at radius 3 is 2.74 bits per heavy atom. The number of hydrogen-bond acceptors (Lipinski definition) is 2. The van der Waals surface area contributed by atoms with E-state index in [9.17, 15) is 4.39 Å². The molecular weight excluding hydrogens is 258 g/mol. The number of halogens is 1. The van der Waals surface area contributed by atoms with Crippen molar-refractivity contribution in [2.24, 2.45) is 0 Å². The molecule has 1 N–H and O–H groups in total. The maximum atomic E-state index is 13.9. The van der Waals surface area contributed by atoms with Gasteiger partial charge in [0, 0.05) is 11.5 Å². The Bertz CT molecular complexity index is 572. The third-order valence-electron chi connectivity index (χ3n) is 3.08. The van der Waals surface area contributed by atoms with Crippen molar-refractivity contribution >= 4 is 24.6 Å². The monoisotopic (exact) mass is 276 g/mol. The van der Waals surface area contributed by atoms with E-state index in [0.717, 1.165) is 17.4 Å². The van der Waals surface area contributed by atoms with Crippen LogP contribution in [-0.2, 0) is 0 Å². The lowest BCUT2D eigenvalue weighted by molar-refractivity contribution is 0.631. The number of anilines is 2. The molecule has 4 heteroatoms. The number of pyridine rings is 1. The van der Waals surface area contributed by atoms with Crippen LogP contribution in [0.25, 0.3) is 0 Å². The Hall–Kier alpha value is -1.47. The highest BCUT2D eigenvalue weighted by Gasteiger charge is 2.10. The molecule has 1 heterocycles. The second-order valence-corrected chi connectivity index (χ2v) is 7.03. The van der Waals surface area contributed by atoms with Gasteiger partial charge in [0.2, 0.25) is 0 Å². The van der Waals surface area contributed by atoms with Gasteiger partial charge in [0.05, 0.1) is 17.6 Å². The number of rotatable bonds is 4. The van der Waals surface area contributed by atoms with Crippen LogP contribution in [0.3, 0.4) is 0 Å². The van der Waals surface area contributed by atoms with Crippen molar-refractivity contribution in [1.82, 2.24) is 4.98 Å². The minimum Gasteiger partial charge on any atom is -0.351 e. The Morgan fingerprint density at radius 1 is 1.26 bits per heavy atom. The van der Waals surface area contributed by atoms with Crippen molar-refractivity contribution < 1.29 is 4.39 Å². The smallest absolute Gasteiger partial charge is 0.146 e. The van der Waals surface area contributed by atoms with Gasteiger partial charge in [-0.3, -0.25) is 4.98 Å². The Labute approximate surface area is 114 Å². The molecule has 0 bridgehead atoms. The summed E-state index contributed by atoms with van der Waals surface area (Å²) in [7, 11) is -0.231. The average molecular weight is 276 g/mol. The minimum absolute atomic E-state index is 0.230. The topological polar surface area (TPSA) is 24.9 Å². The first-order chi connectivity index (χ1) is 9.11. The third kappa shape index (κ3) is 3.30. The van der Waals surface area contributed by atoms with Crippen LogP contribution in [-0.4, -0.2) is 17.8 Å². The van der Waals surface area contributed by atoms with Crippen LogP contribution in [0.1, 0.15) is 12.5 Å². The van der Waals surface area contributed by atoms with E-state index < -0.39 is 0 Å². The molecule has 1 atom stereocenters. The van der Waals surface area contributed by atoms with Crippen molar-refractivity contribution in [2.45, 2.75) is 13.8 Å². The van der Waals surface area contributed by atoms with Crippen LogP contribution in [0.2, 0.25) is 0 Å². The molecule has 2 nitrogen and oxygen atoms in total. The van der Waals surface area contributed by atoms with Crippen LogP contribution >= 0.6 is 7.92 Å². The maximum absolute atomic E-state index is 13.9. The molecule has 0 aliphatic heterocycles. The maximum Gasteiger partial charge on any atom is 0.146 e. The fourth-order valence-electron chi connectivity index (χ4n) is 1.85. The molecule has 0 amide bonds. The van der Waals surface area contributed by atoms with Gasteiger partial charge in [-0.1, -0.05) is 20.9 Å². The molecule has 0 radical (unpaired) electrons. The molecule has 100 valence electrons. The Morgan fingerprint density at radius 2 is 2.05 bits per heavy atom. The molecule has 0 saturated heterocycles. The van der Waals surface area contributed by atoms with Gasteiger partial charge in [0.15, 0.2) is 0 Å². The summed E-state index contributed by atoms with van der Waals surface area (Å²) < 4.78 is 13.9. The van der Waals surface area contributed by atoms with Gasteiger partial charge in [0.1, 0.15) is 5.82 Å². The highest BCUT2D eigenvalue weighted by molar-refractivity contribution is 7.65. The number of nitrogens with one attached hydrogen (secondary N) is 1. The standard InChI is InChI=1S/C15H18FN2P/c1-4-19(3)15-7-8-17-10-14(15)18-13-6-5-11(2)9-12(13)16/h5-10,18H,4H2,1-3H3. The lowest BCUT2D eigenvalue weighted by Crippen LogP contribution is -2.09. The van der Waals surface area contributed by atoms with Gasteiger partial charge < -0.3 is 5.32 Å². The Kier molecular flexibility index (Phi) is 4.49. The van der Waals surface area contributed by atoms with Gasteiger partial charge in [0.25, 0.3) is 0 Å². The summed E-state index contributed by atoms with van der Waals surface area (Å²) in [6.07, 6.45) is 4.66. The van der Waals surface area contributed by atoms with E-state index in [1.165, 1.54) is 11.4 Å². The van der Waals surface area contributed by atoms with E-state index in [1.54, 1.807) is 18.5 Å². The van der Waals surface area contributed by atoms with Crippen molar-refractivity contribution in [3.63, 3.8) is 0 Å². The van der Waals surface area contributed by atoms with Crippen molar-refractivity contribution in [3.8, 4) is 0 Å². The van der Waals surface area contributed by atoms with Crippen LogP contribution in [0, 0.1) is 12.7 Å². The first-order valence-electron chi connectivity index (χ1n) is 6.30. The number of aromatic nitrogens is 1. The second kappa shape index (κ2) is 6.12. The zero-order chi connectivity index (χ0) is 13.8. The molecule has 1 unspecified atom stereocenters. The molecule has 19 heavy (non-hydrogen) atoms. The van der Waals surface area contributed by atoms with Gasteiger partial charge in [-0.25, -0.2) is 4.39 Å². The highest BCUT2D eigenvalue weighted by atomic mass is 31.1. The third-order valence-corrected chi connectivity index (χ3v) is 5.24. The normalized spacial score (nSPS) is 12.2. The molecule has 2 aromatic rings. The van der Waals surface area contributed by atoms with Crippen molar-refractivity contribution in [3.05, 3.63) is 48.0 Å². The van der Waals surface area contributed by atoms with Crippen LogP contribution in [0.15, 0.2) is 36.7 Å². The summed E-state index contributed by atoms with van der Waals surface area (Å²) in [5.41, 5.74) is 2.32. The fraction of sp³-hybridized carbons (Fsp3) is 0.267. The fourth-order valence-corrected chi connectivity index (χ4v) is 3.04. The molecule has 0 aliphatic carbocycles. The van der Waals surface area contributed by atoms with Crippen molar-refractivity contribution in [2.75, 3.05) is 18.1 Å². The predicted octanol–water partition coefficient (Wildman–Crippen LogP) is 4.03. The average Bonchev–Trinajstić information content (AvgIpc) is 2.41. The Balaban J connectivity index is 2.33. The number of benzene rings is 1. The van der Waals surface area contributed by atoms with Crippen LogP contribution in [0.4, 0.5) is 15.8 Å². The quantitative estimate of drug-likeness (QED) is 0.853. The zero-order valence-electron chi connectivity index (χ0n) is 11.4. The van der Waals surface area contributed by atoms with E-state index in [-0.39, 0.29) is 13.7 Å². The van der Waals surface area contributed by atoms with Crippen LogP contribution < -0.4 is 10.6 Å². The molecule has 1 aromatic carbocycles. The molecule has 1 aromatic heterocycles. The molecular formula is C15H18FN2P. The summed E-state index contributed by atoms with van der Waals surface area (Å²) in [5.74, 6) is -0.230. The van der Waals surface area contributed by atoms with Crippen LogP contribution in [0.5, 0.6) is 0 Å². The van der Waals surface area contributed by atoms with E-state index in [0.29, 0.717) is 5.69 Å². The minimum atomic E-state index is -0.231. The number of hydrogen-bond donors (Lipinski definition) is 1. The van der Waals surface area contributed by atoms with E-state index in [4.69, 9.17) is 0 Å². The lowest BCUT2D eigenvalue weighted by atomic mass is 10.2. The largest absolute Gasteiger partial charge is 0.351 e. The second-order valence-electron chi connectivity index (χ2n) is 4.52.